The third-order valence-electron chi connectivity index (χ3n) is 3.49. The van der Waals surface area contributed by atoms with E-state index in [1.807, 2.05) is 25.1 Å². The predicted molar refractivity (Wildman–Crippen MR) is 100 cm³/mol. The van der Waals surface area contributed by atoms with Gasteiger partial charge < -0.3 is 10.6 Å². The molecule has 2 aromatic carbocycles. The van der Waals surface area contributed by atoms with Gasteiger partial charge >= 0.3 is 0 Å². The molecule has 0 radical (unpaired) electrons. The summed E-state index contributed by atoms with van der Waals surface area (Å²) in [6.07, 6.45) is 0.132. The molecule has 0 saturated carbocycles. The second-order valence-electron chi connectivity index (χ2n) is 5.52. The number of nitrogens with one attached hydrogen (secondary N) is 2. The average molecular weight is 410 g/mol. The van der Waals surface area contributed by atoms with E-state index in [1.54, 1.807) is 24.3 Å². The third kappa shape index (κ3) is 5.35. The number of halogens is 2. The monoisotopic (exact) mass is 408 g/mol. The van der Waals surface area contributed by atoms with Crippen molar-refractivity contribution in [1.82, 2.24) is 5.32 Å². The molecule has 1 unspecified atom stereocenters. The van der Waals surface area contributed by atoms with Crippen LogP contribution in [0.4, 0.5) is 5.69 Å². The molecule has 0 saturated heterocycles. The van der Waals surface area contributed by atoms with E-state index in [0.717, 1.165) is 15.6 Å². The predicted octanol–water partition coefficient (Wildman–Crippen LogP) is 4.62. The number of benzene rings is 2. The molecule has 0 aliphatic heterocycles. The highest BCUT2D eigenvalue weighted by molar-refractivity contribution is 9.10. The van der Waals surface area contributed by atoms with Crippen molar-refractivity contribution in [3.8, 4) is 0 Å². The quantitative estimate of drug-likeness (QED) is 0.757. The maximum absolute atomic E-state index is 12.3. The number of rotatable bonds is 5. The van der Waals surface area contributed by atoms with Gasteiger partial charge in [0.05, 0.1) is 12.5 Å². The summed E-state index contributed by atoms with van der Waals surface area (Å²) in [5, 5.41) is 6.26. The summed E-state index contributed by atoms with van der Waals surface area (Å²) in [5.41, 5.74) is 2.62. The molecule has 0 aromatic heterocycles. The van der Waals surface area contributed by atoms with Crippen molar-refractivity contribution < 1.29 is 9.59 Å². The highest BCUT2D eigenvalue weighted by Gasteiger charge is 2.17. The topological polar surface area (TPSA) is 58.2 Å². The largest absolute Gasteiger partial charge is 0.349 e. The Kier molecular flexibility index (Phi) is 6.40. The van der Waals surface area contributed by atoms with Gasteiger partial charge in [-0.25, -0.2) is 0 Å². The molecular formula is C18H18BrClN2O2. The highest BCUT2D eigenvalue weighted by Crippen LogP contribution is 2.23. The zero-order chi connectivity index (χ0) is 17.7. The van der Waals surface area contributed by atoms with Crippen molar-refractivity contribution in [3.05, 3.63) is 63.1 Å². The molecular weight excluding hydrogens is 392 g/mol. The molecule has 24 heavy (non-hydrogen) atoms. The standard InChI is InChI=1S/C18H18BrClN2O2/c1-11-3-8-15(9-16(11)19)22-18(24)10-17(21-12(2)23)13-4-6-14(20)7-5-13/h3-9,17H,10H2,1-2H3,(H,21,23)(H,22,24). The average Bonchev–Trinajstić information content (AvgIpc) is 2.50. The minimum Gasteiger partial charge on any atom is -0.349 e. The first-order valence-corrected chi connectivity index (χ1v) is 8.61. The van der Waals surface area contributed by atoms with Crippen LogP contribution in [0, 0.1) is 6.92 Å². The van der Waals surface area contributed by atoms with Gasteiger partial charge in [0.2, 0.25) is 11.8 Å². The number of aryl methyl sites for hydroxylation is 1. The van der Waals surface area contributed by atoms with Crippen molar-refractivity contribution in [3.63, 3.8) is 0 Å². The van der Waals surface area contributed by atoms with Crippen molar-refractivity contribution >= 4 is 45.0 Å². The summed E-state index contributed by atoms with van der Waals surface area (Å²) in [6, 6.07) is 12.3. The van der Waals surface area contributed by atoms with E-state index in [4.69, 9.17) is 11.6 Å². The van der Waals surface area contributed by atoms with E-state index in [2.05, 4.69) is 26.6 Å². The van der Waals surface area contributed by atoms with Crippen LogP contribution in [-0.2, 0) is 9.59 Å². The highest BCUT2D eigenvalue weighted by atomic mass is 79.9. The Labute approximate surface area is 154 Å². The van der Waals surface area contributed by atoms with Gasteiger partial charge in [-0.2, -0.15) is 0 Å². The zero-order valence-corrected chi connectivity index (χ0v) is 15.7. The lowest BCUT2D eigenvalue weighted by Gasteiger charge is -2.18. The molecule has 0 spiro atoms. The Balaban J connectivity index is 2.10. The van der Waals surface area contributed by atoms with E-state index in [1.165, 1.54) is 6.92 Å². The molecule has 0 bridgehead atoms. The number of hydrogen-bond donors (Lipinski definition) is 2. The molecule has 0 aliphatic carbocycles. The van der Waals surface area contributed by atoms with Crippen LogP contribution in [0.5, 0.6) is 0 Å². The fourth-order valence-corrected chi connectivity index (χ4v) is 2.77. The van der Waals surface area contributed by atoms with Gasteiger partial charge in [0, 0.05) is 22.1 Å². The normalized spacial score (nSPS) is 11.7. The lowest BCUT2D eigenvalue weighted by molar-refractivity contribution is -0.120. The molecule has 126 valence electrons. The number of carbonyl (C=O) groups excluding carboxylic acids is 2. The summed E-state index contributed by atoms with van der Waals surface area (Å²) in [4.78, 5) is 23.8. The van der Waals surface area contributed by atoms with Crippen LogP contribution < -0.4 is 10.6 Å². The summed E-state index contributed by atoms with van der Waals surface area (Å²) in [5.74, 6) is -0.375. The Morgan fingerprint density at radius 3 is 2.42 bits per heavy atom. The number of anilines is 1. The van der Waals surface area contributed by atoms with Gasteiger partial charge in [0.1, 0.15) is 0 Å². The van der Waals surface area contributed by atoms with Crippen LogP contribution in [0.3, 0.4) is 0 Å². The maximum atomic E-state index is 12.3. The van der Waals surface area contributed by atoms with Crippen molar-refractivity contribution in [2.24, 2.45) is 0 Å². The Hall–Kier alpha value is -1.85. The summed E-state index contributed by atoms with van der Waals surface area (Å²) >= 11 is 9.33. The summed E-state index contributed by atoms with van der Waals surface area (Å²) < 4.78 is 0.927. The number of hydrogen-bond acceptors (Lipinski definition) is 2. The third-order valence-corrected chi connectivity index (χ3v) is 4.60. The van der Waals surface area contributed by atoms with Gasteiger partial charge in [-0.15, -0.1) is 0 Å². The molecule has 2 aromatic rings. The SMILES string of the molecule is CC(=O)NC(CC(=O)Nc1ccc(C)c(Br)c1)c1ccc(Cl)cc1. The van der Waals surface area contributed by atoms with E-state index >= 15 is 0 Å². The summed E-state index contributed by atoms with van der Waals surface area (Å²) in [7, 11) is 0. The Bertz CT molecular complexity index is 747. The van der Waals surface area contributed by atoms with E-state index in [9.17, 15) is 9.59 Å². The van der Waals surface area contributed by atoms with Crippen molar-refractivity contribution in [2.75, 3.05) is 5.32 Å². The molecule has 1 atom stereocenters. The first kappa shape index (κ1) is 18.5. The maximum Gasteiger partial charge on any atom is 0.226 e. The van der Waals surface area contributed by atoms with Crippen LogP contribution in [0.1, 0.15) is 30.5 Å². The second kappa shape index (κ2) is 8.31. The van der Waals surface area contributed by atoms with E-state index in [0.29, 0.717) is 10.7 Å². The lowest BCUT2D eigenvalue weighted by atomic mass is 10.0. The number of amides is 2. The van der Waals surface area contributed by atoms with Crippen LogP contribution in [0.25, 0.3) is 0 Å². The molecule has 2 rings (SSSR count). The fourth-order valence-electron chi connectivity index (χ4n) is 2.26. The van der Waals surface area contributed by atoms with Crippen LogP contribution in [0.15, 0.2) is 46.9 Å². The molecule has 2 N–H and O–H groups in total. The van der Waals surface area contributed by atoms with Crippen LogP contribution in [-0.4, -0.2) is 11.8 Å². The van der Waals surface area contributed by atoms with Gasteiger partial charge in [-0.05, 0) is 42.3 Å². The number of carbonyl (C=O) groups is 2. The molecule has 0 aliphatic rings. The first-order valence-electron chi connectivity index (χ1n) is 7.43. The Morgan fingerprint density at radius 1 is 1.17 bits per heavy atom. The fraction of sp³-hybridized carbons (Fsp3) is 0.222. The summed E-state index contributed by atoms with van der Waals surface area (Å²) in [6.45, 7) is 3.40. The molecule has 2 amide bonds. The van der Waals surface area contributed by atoms with E-state index in [-0.39, 0.29) is 18.2 Å². The van der Waals surface area contributed by atoms with Gasteiger partial charge in [-0.3, -0.25) is 9.59 Å². The van der Waals surface area contributed by atoms with Crippen molar-refractivity contribution in [2.45, 2.75) is 26.3 Å². The lowest BCUT2D eigenvalue weighted by Crippen LogP contribution is -2.29. The van der Waals surface area contributed by atoms with Gasteiger partial charge in [0.25, 0.3) is 0 Å². The minimum absolute atomic E-state index is 0.132. The van der Waals surface area contributed by atoms with Crippen molar-refractivity contribution in [1.29, 1.82) is 0 Å². The van der Waals surface area contributed by atoms with Crippen LogP contribution >= 0.6 is 27.5 Å². The van der Waals surface area contributed by atoms with Gasteiger partial charge in [0.15, 0.2) is 0 Å². The van der Waals surface area contributed by atoms with Crippen LogP contribution in [0.2, 0.25) is 5.02 Å². The second-order valence-corrected chi connectivity index (χ2v) is 6.81. The molecule has 0 fully saturated rings. The van der Waals surface area contributed by atoms with E-state index < -0.39 is 6.04 Å². The molecule has 6 heteroatoms. The minimum atomic E-state index is -0.409. The smallest absolute Gasteiger partial charge is 0.226 e. The molecule has 0 heterocycles. The molecule has 4 nitrogen and oxygen atoms in total. The van der Waals surface area contributed by atoms with Gasteiger partial charge in [-0.1, -0.05) is 45.7 Å². The zero-order valence-electron chi connectivity index (χ0n) is 13.4. The Morgan fingerprint density at radius 2 is 1.83 bits per heavy atom. The first-order chi connectivity index (χ1) is 11.3.